The second-order valence-electron chi connectivity index (χ2n) is 8.55. The van der Waals surface area contributed by atoms with Gasteiger partial charge in [0.2, 0.25) is 5.91 Å². The second-order valence-corrected chi connectivity index (χ2v) is 8.55. The molecule has 6 nitrogen and oxygen atoms in total. The normalized spacial score (nSPS) is 23.3. The first-order chi connectivity index (χ1) is 14.9. The van der Waals surface area contributed by atoms with E-state index in [4.69, 9.17) is 4.74 Å². The molecule has 0 saturated carbocycles. The summed E-state index contributed by atoms with van der Waals surface area (Å²) in [5.74, 6) is -0.378. The van der Waals surface area contributed by atoms with Crippen LogP contribution in [-0.2, 0) is 9.53 Å². The van der Waals surface area contributed by atoms with Gasteiger partial charge in [-0.2, -0.15) is 0 Å². The Morgan fingerprint density at radius 1 is 1.13 bits per heavy atom. The molecular formula is C24H28FN3O3. The number of nitrogens with one attached hydrogen (secondary N) is 1. The van der Waals surface area contributed by atoms with Crippen LogP contribution >= 0.6 is 0 Å². The van der Waals surface area contributed by atoms with Gasteiger partial charge in [-0.15, -0.1) is 0 Å². The van der Waals surface area contributed by atoms with Crippen molar-refractivity contribution in [2.45, 2.75) is 31.0 Å². The standard InChI is InChI=1S/C24H28FN3O3/c1-27(2)23(29)12-22-14-28-13-20(11-21(28)15-31-22)26-24(30)18-7-3-5-16(9-18)17-6-4-8-19(25)10-17/h3-10,20-22H,11-15H2,1-2H3,(H,26,30)/t20-,21+,22+/m1/s1. The number of fused-ring (bicyclic) bond motifs is 1. The lowest BCUT2D eigenvalue weighted by atomic mass is 10.0. The van der Waals surface area contributed by atoms with Crippen molar-refractivity contribution in [1.29, 1.82) is 0 Å². The van der Waals surface area contributed by atoms with E-state index in [9.17, 15) is 14.0 Å². The molecule has 2 aliphatic rings. The topological polar surface area (TPSA) is 61.9 Å². The van der Waals surface area contributed by atoms with Gasteiger partial charge in [-0.25, -0.2) is 4.39 Å². The lowest BCUT2D eigenvalue weighted by Crippen LogP contribution is -2.47. The summed E-state index contributed by atoms with van der Waals surface area (Å²) >= 11 is 0. The van der Waals surface area contributed by atoms with Crippen LogP contribution < -0.4 is 5.32 Å². The Kier molecular flexibility index (Phi) is 6.34. The summed E-state index contributed by atoms with van der Waals surface area (Å²) in [6.45, 7) is 2.02. The van der Waals surface area contributed by atoms with Gasteiger partial charge in [-0.05, 0) is 41.8 Å². The summed E-state index contributed by atoms with van der Waals surface area (Å²) in [6.07, 6.45) is 1.09. The molecule has 3 atom stereocenters. The minimum Gasteiger partial charge on any atom is -0.375 e. The molecule has 0 aliphatic carbocycles. The molecule has 164 valence electrons. The van der Waals surface area contributed by atoms with Crippen molar-refractivity contribution in [3.63, 3.8) is 0 Å². The first-order valence-corrected chi connectivity index (χ1v) is 10.6. The highest BCUT2D eigenvalue weighted by molar-refractivity contribution is 5.95. The van der Waals surface area contributed by atoms with Gasteiger partial charge in [-0.3, -0.25) is 14.5 Å². The van der Waals surface area contributed by atoms with E-state index in [1.165, 1.54) is 12.1 Å². The Labute approximate surface area is 182 Å². The van der Waals surface area contributed by atoms with Crippen LogP contribution in [0, 0.1) is 5.82 Å². The van der Waals surface area contributed by atoms with Crippen molar-refractivity contribution in [3.8, 4) is 11.1 Å². The van der Waals surface area contributed by atoms with Gasteiger partial charge < -0.3 is 15.0 Å². The van der Waals surface area contributed by atoms with Gasteiger partial charge in [0.1, 0.15) is 5.82 Å². The number of ether oxygens (including phenoxy) is 1. The highest BCUT2D eigenvalue weighted by atomic mass is 19.1. The predicted octanol–water partition coefficient (Wildman–Crippen LogP) is 2.54. The predicted molar refractivity (Wildman–Crippen MR) is 116 cm³/mol. The van der Waals surface area contributed by atoms with Crippen molar-refractivity contribution >= 4 is 11.8 Å². The minimum absolute atomic E-state index is 0.0298. The average molecular weight is 426 g/mol. The lowest BCUT2D eigenvalue weighted by molar-refractivity contribution is -0.134. The first kappa shape index (κ1) is 21.5. The van der Waals surface area contributed by atoms with Crippen molar-refractivity contribution in [3.05, 3.63) is 59.9 Å². The van der Waals surface area contributed by atoms with E-state index in [2.05, 4.69) is 10.2 Å². The quantitative estimate of drug-likeness (QED) is 0.800. The SMILES string of the molecule is CN(C)C(=O)C[C@H]1CN2C[C@H](NC(=O)c3cccc(-c4cccc(F)c4)c3)C[C@H]2CO1. The number of carbonyl (C=O) groups is 2. The van der Waals surface area contributed by atoms with Gasteiger partial charge in [0, 0.05) is 44.8 Å². The molecule has 2 fully saturated rings. The molecule has 2 heterocycles. The van der Waals surface area contributed by atoms with Crippen LogP contribution in [0.3, 0.4) is 0 Å². The number of hydrogen-bond acceptors (Lipinski definition) is 4. The molecule has 2 aromatic rings. The Bertz CT molecular complexity index is 965. The zero-order valence-corrected chi connectivity index (χ0v) is 17.9. The maximum atomic E-state index is 13.5. The Morgan fingerprint density at radius 2 is 1.87 bits per heavy atom. The molecule has 31 heavy (non-hydrogen) atoms. The highest BCUT2D eigenvalue weighted by Gasteiger charge is 2.38. The van der Waals surface area contributed by atoms with Crippen molar-refractivity contribution in [2.75, 3.05) is 33.8 Å². The van der Waals surface area contributed by atoms with Crippen LogP contribution in [0.4, 0.5) is 4.39 Å². The third-order valence-electron chi connectivity index (χ3n) is 6.01. The van der Waals surface area contributed by atoms with Gasteiger partial charge in [0.05, 0.1) is 19.1 Å². The summed E-state index contributed by atoms with van der Waals surface area (Å²) in [6, 6.07) is 13.9. The molecule has 0 radical (unpaired) electrons. The van der Waals surface area contributed by atoms with Crippen LogP contribution in [0.25, 0.3) is 11.1 Å². The van der Waals surface area contributed by atoms with Crippen LogP contribution in [0.2, 0.25) is 0 Å². The Morgan fingerprint density at radius 3 is 2.61 bits per heavy atom. The summed E-state index contributed by atoms with van der Waals surface area (Å²) in [5, 5.41) is 3.13. The summed E-state index contributed by atoms with van der Waals surface area (Å²) in [7, 11) is 3.50. The zero-order chi connectivity index (χ0) is 22.0. The van der Waals surface area contributed by atoms with E-state index >= 15 is 0 Å². The number of hydrogen-bond donors (Lipinski definition) is 1. The molecule has 1 N–H and O–H groups in total. The molecule has 2 aromatic carbocycles. The highest BCUT2D eigenvalue weighted by Crippen LogP contribution is 2.25. The van der Waals surface area contributed by atoms with Gasteiger partial charge in [-0.1, -0.05) is 24.3 Å². The Hall–Kier alpha value is -2.77. The fraction of sp³-hybridized carbons (Fsp3) is 0.417. The third-order valence-corrected chi connectivity index (χ3v) is 6.01. The maximum absolute atomic E-state index is 13.5. The molecule has 4 rings (SSSR count). The minimum atomic E-state index is -0.303. The number of morpholine rings is 1. The summed E-state index contributed by atoms with van der Waals surface area (Å²) < 4.78 is 19.4. The lowest BCUT2D eigenvalue weighted by Gasteiger charge is -2.35. The van der Waals surface area contributed by atoms with Crippen LogP contribution in [0.5, 0.6) is 0 Å². The van der Waals surface area contributed by atoms with E-state index in [1.54, 1.807) is 37.2 Å². The number of rotatable bonds is 5. The van der Waals surface area contributed by atoms with Crippen LogP contribution in [-0.4, -0.2) is 73.6 Å². The van der Waals surface area contributed by atoms with E-state index < -0.39 is 0 Å². The van der Waals surface area contributed by atoms with E-state index in [0.717, 1.165) is 24.1 Å². The maximum Gasteiger partial charge on any atom is 0.251 e. The van der Waals surface area contributed by atoms with Crippen molar-refractivity contribution in [1.82, 2.24) is 15.1 Å². The van der Waals surface area contributed by atoms with E-state index in [1.807, 2.05) is 18.2 Å². The van der Waals surface area contributed by atoms with E-state index in [-0.39, 0.29) is 35.8 Å². The smallest absolute Gasteiger partial charge is 0.251 e. The molecule has 0 aromatic heterocycles. The first-order valence-electron chi connectivity index (χ1n) is 10.6. The molecule has 0 bridgehead atoms. The molecule has 0 spiro atoms. The third kappa shape index (κ3) is 5.11. The van der Waals surface area contributed by atoms with Crippen LogP contribution in [0.15, 0.2) is 48.5 Å². The molecule has 7 heteroatoms. The molecule has 2 saturated heterocycles. The number of nitrogens with zero attached hydrogens (tertiary/aromatic N) is 2. The van der Waals surface area contributed by atoms with Crippen molar-refractivity contribution in [2.24, 2.45) is 0 Å². The number of benzene rings is 2. The average Bonchev–Trinajstić information content (AvgIpc) is 3.15. The van der Waals surface area contributed by atoms with Crippen LogP contribution in [0.1, 0.15) is 23.2 Å². The summed E-state index contributed by atoms with van der Waals surface area (Å²) in [5.41, 5.74) is 2.10. The fourth-order valence-electron chi connectivity index (χ4n) is 4.32. The van der Waals surface area contributed by atoms with E-state index in [0.29, 0.717) is 25.1 Å². The zero-order valence-electron chi connectivity index (χ0n) is 17.9. The fourth-order valence-corrected chi connectivity index (χ4v) is 4.32. The largest absolute Gasteiger partial charge is 0.375 e. The van der Waals surface area contributed by atoms with Crippen molar-refractivity contribution < 1.29 is 18.7 Å². The summed E-state index contributed by atoms with van der Waals surface area (Å²) in [4.78, 5) is 28.7. The molecule has 2 aliphatic heterocycles. The molecule has 2 amide bonds. The number of halogens is 1. The Balaban J connectivity index is 1.36. The van der Waals surface area contributed by atoms with Gasteiger partial charge in [0.25, 0.3) is 5.91 Å². The second kappa shape index (κ2) is 9.16. The number of amides is 2. The molecule has 0 unspecified atom stereocenters. The molecular weight excluding hydrogens is 397 g/mol. The monoisotopic (exact) mass is 425 g/mol. The van der Waals surface area contributed by atoms with Gasteiger partial charge in [0.15, 0.2) is 0 Å². The van der Waals surface area contributed by atoms with Gasteiger partial charge >= 0.3 is 0 Å². The number of carbonyl (C=O) groups excluding carboxylic acids is 2.